The van der Waals surface area contributed by atoms with Crippen LogP contribution in [0.4, 0.5) is 4.79 Å². The lowest BCUT2D eigenvalue weighted by atomic mass is 10.1. The number of carbonyl (C=O) groups excluding carboxylic acids is 3. The quantitative estimate of drug-likeness (QED) is 0.581. The minimum atomic E-state index is -2.15. The van der Waals surface area contributed by atoms with Crippen LogP contribution in [0.5, 0.6) is 0 Å². The first-order valence-electron chi connectivity index (χ1n) is 10.6. The number of likely N-dealkylation sites (N-methyl/N-ethyl adjacent to an activating group) is 1. The minimum absolute atomic E-state index is 0.109. The van der Waals surface area contributed by atoms with Crippen LogP contribution in [0.1, 0.15) is 18.1 Å². The van der Waals surface area contributed by atoms with Gasteiger partial charge in [0.25, 0.3) is 0 Å². The molecule has 0 aromatic heterocycles. The Hall–Kier alpha value is -3.13. The van der Waals surface area contributed by atoms with Gasteiger partial charge in [-0.25, -0.2) is 4.79 Å². The van der Waals surface area contributed by atoms with Crippen LogP contribution in [0.25, 0.3) is 0 Å². The molecule has 0 saturated heterocycles. The van der Waals surface area contributed by atoms with Crippen LogP contribution < -0.4 is 5.32 Å². The van der Waals surface area contributed by atoms with E-state index in [0.29, 0.717) is 6.42 Å². The number of carbonyl (C=O) groups is 3. The number of rotatable bonds is 9. The van der Waals surface area contributed by atoms with Gasteiger partial charge in [-0.2, -0.15) is 0 Å². The van der Waals surface area contributed by atoms with Crippen molar-refractivity contribution in [3.8, 4) is 0 Å². The molecule has 0 aliphatic rings. The molecule has 2 amide bonds. The van der Waals surface area contributed by atoms with Crippen LogP contribution in [0.3, 0.4) is 0 Å². The molecule has 0 bridgehead atoms. The third-order valence-electron chi connectivity index (χ3n) is 4.74. The highest BCUT2D eigenvalue weighted by atomic mass is 28.4. The molecule has 0 aliphatic carbocycles. The van der Waals surface area contributed by atoms with Crippen LogP contribution in [0.2, 0.25) is 19.6 Å². The summed E-state index contributed by atoms with van der Waals surface area (Å²) < 4.78 is 10.9. The minimum Gasteiger partial charge on any atom is -0.518 e. The van der Waals surface area contributed by atoms with Crippen molar-refractivity contribution in [1.82, 2.24) is 10.2 Å². The van der Waals surface area contributed by atoms with Crippen LogP contribution in [-0.4, -0.2) is 50.3 Å². The largest absolute Gasteiger partial charge is 0.518 e. The molecule has 0 aliphatic heterocycles. The molecule has 0 fully saturated rings. The number of nitrogens with one attached hydrogen (secondary N) is 1. The molecule has 0 heterocycles. The van der Waals surface area contributed by atoms with Crippen LogP contribution >= 0.6 is 0 Å². The van der Waals surface area contributed by atoms with E-state index < -0.39 is 38.4 Å². The van der Waals surface area contributed by atoms with Gasteiger partial charge in [-0.05, 0) is 37.7 Å². The van der Waals surface area contributed by atoms with Crippen molar-refractivity contribution in [3.63, 3.8) is 0 Å². The van der Waals surface area contributed by atoms with Crippen molar-refractivity contribution in [2.24, 2.45) is 0 Å². The van der Waals surface area contributed by atoms with E-state index >= 15 is 0 Å². The summed E-state index contributed by atoms with van der Waals surface area (Å²) in [7, 11) is -0.656. The number of nitrogens with zero attached hydrogens (tertiary/aromatic N) is 1. The number of amides is 2. The summed E-state index contributed by atoms with van der Waals surface area (Å²) in [4.78, 5) is 39.3. The molecule has 32 heavy (non-hydrogen) atoms. The Bertz CT molecular complexity index is 900. The normalized spacial score (nSPS) is 12.9. The van der Waals surface area contributed by atoms with Gasteiger partial charge in [-0.15, -0.1) is 0 Å². The van der Waals surface area contributed by atoms with E-state index in [9.17, 15) is 14.4 Å². The van der Waals surface area contributed by atoms with Gasteiger partial charge in [0.1, 0.15) is 18.7 Å². The smallest absolute Gasteiger partial charge is 0.410 e. The number of hydrogen-bond donors (Lipinski definition) is 1. The molecule has 0 unspecified atom stereocenters. The monoisotopic (exact) mass is 456 g/mol. The number of hydrogen-bond acceptors (Lipinski definition) is 5. The molecule has 0 spiro atoms. The lowest BCUT2D eigenvalue weighted by molar-refractivity contribution is -0.140. The summed E-state index contributed by atoms with van der Waals surface area (Å²) in [6.07, 6.45) is -0.328. The summed E-state index contributed by atoms with van der Waals surface area (Å²) in [6.45, 7) is 7.42. The van der Waals surface area contributed by atoms with E-state index in [2.05, 4.69) is 5.32 Å². The predicted octanol–water partition coefficient (Wildman–Crippen LogP) is 3.75. The SMILES string of the molecule is C[C@@H](C(=O)N[C@@H](Cc1ccccc1)C(=O)O[Si](C)(C)C)N(C)C(=O)OCc1ccccc1. The summed E-state index contributed by atoms with van der Waals surface area (Å²) >= 11 is 0. The first-order chi connectivity index (χ1) is 15.1. The van der Waals surface area contributed by atoms with Crippen molar-refractivity contribution in [2.75, 3.05) is 7.05 Å². The zero-order chi connectivity index (χ0) is 23.7. The Labute approximate surface area is 190 Å². The number of ether oxygens (including phenoxy) is 1. The Balaban J connectivity index is 2.02. The average molecular weight is 457 g/mol. The maximum absolute atomic E-state index is 12.9. The highest BCUT2D eigenvalue weighted by Gasteiger charge is 2.31. The van der Waals surface area contributed by atoms with Gasteiger partial charge in [0.2, 0.25) is 14.2 Å². The maximum atomic E-state index is 12.9. The number of benzene rings is 2. The van der Waals surface area contributed by atoms with E-state index in [4.69, 9.17) is 9.16 Å². The molecule has 2 aromatic carbocycles. The molecule has 7 nitrogen and oxygen atoms in total. The molecule has 2 aromatic rings. The fourth-order valence-electron chi connectivity index (χ4n) is 2.86. The van der Waals surface area contributed by atoms with Gasteiger partial charge < -0.3 is 14.5 Å². The van der Waals surface area contributed by atoms with Crippen molar-refractivity contribution >= 4 is 26.3 Å². The molecule has 2 atom stereocenters. The van der Waals surface area contributed by atoms with Crippen molar-refractivity contribution < 1.29 is 23.5 Å². The van der Waals surface area contributed by atoms with Crippen molar-refractivity contribution in [1.29, 1.82) is 0 Å². The zero-order valence-corrected chi connectivity index (χ0v) is 20.3. The molecule has 2 rings (SSSR count). The Morgan fingerprint density at radius 2 is 1.47 bits per heavy atom. The van der Waals surface area contributed by atoms with Crippen LogP contribution in [-0.2, 0) is 31.8 Å². The predicted molar refractivity (Wildman–Crippen MR) is 125 cm³/mol. The van der Waals surface area contributed by atoms with Gasteiger partial charge in [0.15, 0.2) is 0 Å². The first-order valence-corrected chi connectivity index (χ1v) is 14.0. The summed E-state index contributed by atoms with van der Waals surface area (Å²) in [5, 5.41) is 2.76. The highest BCUT2D eigenvalue weighted by Crippen LogP contribution is 2.11. The fourth-order valence-corrected chi connectivity index (χ4v) is 3.61. The molecular formula is C24H32N2O5Si. The van der Waals surface area contributed by atoms with Crippen molar-refractivity contribution in [2.45, 2.75) is 51.7 Å². The zero-order valence-electron chi connectivity index (χ0n) is 19.3. The second kappa shape index (κ2) is 11.5. The van der Waals surface area contributed by atoms with Gasteiger partial charge in [-0.1, -0.05) is 60.7 Å². The Morgan fingerprint density at radius 3 is 2.00 bits per heavy atom. The Morgan fingerprint density at radius 1 is 0.938 bits per heavy atom. The van der Waals surface area contributed by atoms with Crippen LogP contribution in [0.15, 0.2) is 60.7 Å². The lowest BCUT2D eigenvalue weighted by Crippen LogP contribution is -2.53. The highest BCUT2D eigenvalue weighted by molar-refractivity contribution is 6.71. The summed E-state index contributed by atoms with van der Waals surface area (Å²) in [6, 6.07) is 17.0. The van der Waals surface area contributed by atoms with Gasteiger partial charge in [0.05, 0.1) is 0 Å². The van der Waals surface area contributed by atoms with Gasteiger partial charge in [0, 0.05) is 13.5 Å². The van der Waals surface area contributed by atoms with Gasteiger partial charge in [-0.3, -0.25) is 14.5 Å². The topological polar surface area (TPSA) is 84.9 Å². The lowest BCUT2D eigenvalue weighted by Gasteiger charge is -2.27. The molecule has 0 saturated carbocycles. The standard InChI is InChI=1S/C24H32N2O5Si/c1-18(26(2)24(29)30-17-20-14-10-7-11-15-20)22(27)25-21(23(28)31-32(3,4)5)16-19-12-8-6-9-13-19/h6-15,18,21H,16-17H2,1-5H3,(H,25,27)/t18-,21-/m0/s1. The van der Waals surface area contributed by atoms with E-state index in [1.807, 2.05) is 80.3 Å². The first kappa shape index (κ1) is 25.1. The fraction of sp³-hybridized carbons (Fsp3) is 0.375. The molecule has 0 radical (unpaired) electrons. The van der Waals surface area contributed by atoms with E-state index in [-0.39, 0.29) is 6.61 Å². The van der Waals surface area contributed by atoms with Crippen LogP contribution in [0, 0.1) is 0 Å². The van der Waals surface area contributed by atoms with E-state index in [1.54, 1.807) is 6.92 Å². The Kier molecular flexibility index (Phi) is 9.01. The average Bonchev–Trinajstić information content (AvgIpc) is 2.76. The van der Waals surface area contributed by atoms with Gasteiger partial charge >= 0.3 is 12.1 Å². The molecular weight excluding hydrogens is 424 g/mol. The second-order valence-corrected chi connectivity index (χ2v) is 13.0. The maximum Gasteiger partial charge on any atom is 0.410 e. The third-order valence-corrected chi connectivity index (χ3v) is 5.56. The molecule has 8 heteroatoms. The molecule has 172 valence electrons. The second-order valence-electron chi connectivity index (χ2n) is 8.61. The van der Waals surface area contributed by atoms with E-state index in [1.165, 1.54) is 11.9 Å². The molecule has 1 N–H and O–H groups in total. The summed E-state index contributed by atoms with van der Waals surface area (Å²) in [5.41, 5.74) is 1.75. The third kappa shape index (κ3) is 8.18. The van der Waals surface area contributed by atoms with Crippen molar-refractivity contribution in [3.05, 3.63) is 71.8 Å². The summed E-state index contributed by atoms with van der Waals surface area (Å²) in [5.74, 6) is -0.930. The van der Waals surface area contributed by atoms with E-state index in [0.717, 1.165) is 11.1 Å².